The molecule has 4 nitrogen and oxygen atoms in total. The van der Waals surface area contributed by atoms with E-state index in [4.69, 9.17) is 17.4 Å². The molecule has 0 aliphatic carbocycles. The second-order valence-electron chi connectivity index (χ2n) is 5.77. The third kappa shape index (κ3) is 2.69. The molecule has 0 aromatic heterocycles. The lowest BCUT2D eigenvalue weighted by molar-refractivity contribution is -0.120. The molecule has 0 spiro atoms. The van der Waals surface area contributed by atoms with E-state index in [1.165, 1.54) is 5.56 Å². The molecule has 0 saturated heterocycles. The maximum Gasteiger partial charge on any atom is 0.253 e. The maximum absolute atomic E-state index is 11.6. The molecule has 5 heteroatoms. The fraction of sp³-hybridized carbons (Fsp3) is 0.500. The van der Waals surface area contributed by atoms with Crippen molar-refractivity contribution in [3.63, 3.8) is 0 Å². The van der Waals surface area contributed by atoms with Gasteiger partial charge in [-0.3, -0.25) is 10.2 Å². The molecule has 1 atom stereocenters. The van der Waals surface area contributed by atoms with Crippen LogP contribution in [-0.2, 0) is 4.79 Å². The van der Waals surface area contributed by atoms with Crippen molar-refractivity contribution in [2.75, 3.05) is 11.4 Å². The van der Waals surface area contributed by atoms with E-state index in [1.54, 1.807) is 0 Å². The zero-order valence-corrected chi connectivity index (χ0v) is 12.3. The molecule has 0 radical (unpaired) electrons. The number of hydrazine groups is 1. The largest absolute Gasteiger partial charge is 0.357 e. The van der Waals surface area contributed by atoms with Gasteiger partial charge in [0.2, 0.25) is 0 Å². The molecule has 0 bridgehead atoms. The van der Waals surface area contributed by atoms with E-state index in [9.17, 15) is 4.79 Å². The fourth-order valence-electron chi connectivity index (χ4n) is 2.95. The van der Waals surface area contributed by atoms with Crippen LogP contribution in [0.25, 0.3) is 0 Å². The van der Waals surface area contributed by atoms with E-state index in [0.29, 0.717) is 5.92 Å². The van der Waals surface area contributed by atoms with E-state index < -0.39 is 0 Å². The third-order valence-electron chi connectivity index (χ3n) is 3.81. The molecule has 1 unspecified atom stereocenters. The monoisotopic (exact) mass is 281 g/mol. The van der Waals surface area contributed by atoms with Crippen LogP contribution >= 0.6 is 11.6 Å². The molecule has 0 saturated carbocycles. The van der Waals surface area contributed by atoms with Crippen molar-refractivity contribution in [3.05, 3.63) is 28.8 Å². The number of amides is 1. The van der Waals surface area contributed by atoms with Crippen molar-refractivity contribution in [3.8, 4) is 0 Å². The first-order chi connectivity index (χ1) is 8.85. The molecule has 1 aliphatic heterocycles. The highest BCUT2D eigenvalue weighted by molar-refractivity contribution is 6.30. The van der Waals surface area contributed by atoms with E-state index >= 15 is 0 Å². The quantitative estimate of drug-likeness (QED) is 0.497. The summed E-state index contributed by atoms with van der Waals surface area (Å²) >= 11 is 6.08. The minimum absolute atomic E-state index is 0.0905. The van der Waals surface area contributed by atoms with Gasteiger partial charge >= 0.3 is 0 Å². The van der Waals surface area contributed by atoms with Crippen LogP contribution in [0, 0.1) is 0 Å². The normalized spacial score (nSPS) is 20.9. The Bertz CT molecular complexity index is 501. The summed E-state index contributed by atoms with van der Waals surface area (Å²) in [5.41, 5.74) is 4.36. The van der Waals surface area contributed by atoms with E-state index in [0.717, 1.165) is 17.1 Å². The van der Waals surface area contributed by atoms with E-state index in [2.05, 4.69) is 31.1 Å². The molecular formula is C14H20ClN3O. The van der Waals surface area contributed by atoms with Crippen molar-refractivity contribution >= 4 is 23.2 Å². The standard InChI is InChI=1S/C14H20ClN3O/c1-9-7-14(2,3)18(8-13(19)17-16)12-5-4-10(15)6-11(9)12/h4-6,9H,7-8,16H2,1-3H3,(H,17,19). The van der Waals surface area contributed by atoms with Crippen molar-refractivity contribution in [1.29, 1.82) is 0 Å². The van der Waals surface area contributed by atoms with Crippen molar-refractivity contribution in [1.82, 2.24) is 5.43 Å². The van der Waals surface area contributed by atoms with Crippen LogP contribution < -0.4 is 16.2 Å². The van der Waals surface area contributed by atoms with Crippen LogP contribution in [-0.4, -0.2) is 18.0 Å². The van der Waals surface area contributed by atoms with Gasteiger partial charge in [0.05, 0.1) is 6.54 Å². The lowest BCUT2D eigenvalue weighted by Crippen LogP contribution is -2.53. The highest BCUT2D eigenvalue weighted by atomic mass is 35.5. The summed E-state index contributed by atoms with van der Waals surface area (Å²) in [6, 6.07) is 5.84. The summed E-state index contributed by atoms with van der Waals surface area (Å²) in [5, 5.41) is 0.730. The zero-order chi connectivity index (χ0) is 14.2. The minimum atomic E-state index is -0.191. The summed E-state index contributed by atoms with van der Waals surface area (Å²) in [6.45, 7) is 6.73. The van der Waals surface area contributed by atoms with Crippen molar-refractivity contribution in [2.45, 2.75) is 38.6 Å². The predicted octanol–water partition coefficient (Wildman–Crippen LogP) is 2.42. The maximum atomic E-state index is 11.6. The third-order valence-corrected chi connectivity index (χ3v) is 4.05. The molecule has 2 rings (SSSR count). The Labute approximate surface area is 118 Å². The number of benzene rings is 1. The number of nitrogens with two attached hydrogens (primary N) is 1. The molecule has 1 amide bonds. The Morgan fingerprint density at radius 3 is 2.89 bits per heavy atom. The van der Waals surface area contributed by atoms with Crippen LogP contribution in [0.4, 0.5) is 5.69 Å². The lowest BCUT2D eigenvalue weighted by atomic mass is 9.80. The molecule has 104 valence electrons. The van der Waals surface area contributed by atoms with Gasteiger partial charge in [-0.15, -0.1) is 0 Å². The van der Waals surface area contributed by atoms with E-state index in [1.807, 2.05) is 18.2 Å². The van der Waals surface area contributed by atoms with Gasteiger partial charge in [-0.25, -0.2) is 5.84 Å². The average Bonchev–Trinajstić information content (AvgIpc) is 2.34. The Kier molecular flexibility index (Phi) is 3.74. The van der Waals surface area contributed by atoms with Gasteiger partial charge in [0.1, 0.15) is 0 Å². The van der Waals surface area contributed by atoms with Gasteiger partial charge in [-0.2, -0.15) is 0 Å². The highest BCUT2D eigenvalue weighted by Gasteiger charge is 2.37. The first-order valence-electron chi connectivity index (χ1n) is 6.41. The molecule has 3 N–H and O–H groups in total. The van der Waals surface area contributed by atoms with Crippen LogP contribution in [0.15, 0.2) is 18.2 Å². The smallest absolute Gasteiger partial charge is 0.253 e. The van der Waals surface area contributed by atoms with E-state index in [-0.39, 0.29) is 18.0 Å². The summed E-state index contributed by atoms with van der Waals surface area (Å²) in [4.78, 5) is 13.7. The first-order valence-corrected chi connectivity index (χ1v) is 6.79. The fourth-order valence-corrected chi connectivity index (χ4v) is 3.13. The molecule has 1 aromatic rings. The van der Waals surface area contributed by atoms with Crippen molar-refractivity contribution in [2.24, 2.45) is 5.84 Å². The van der Waals surface area contributed by atoms with Gasteiger partial charge < -0.3 is 4.90 Å². The molecule has 0 fully saturated rings. The predicted molar refractivity (Wildman–Crippen MR) is 78.2 cm³/mol. The number of rotatable bonds is 2. The van der Waals surface area contributed by atoms with Crippen LogP contribution in [0.3, 0.4) is 0 Å². The highest BCUT2D eigenvalue weighted by Crippen LogP contribution is 2.43. The minimum Gasteiger partial charge on any atom is -0.357 e. The molecular weight excluding hydrogens is 262 g/mol. The average molecular weight is 282 g/mol. The second-order valence-corrected chi connectivity index (χ2v) is 6.21. The number of nitrogens with one attached hydrogen (secondary N) is 1. The molecule has 19 heavy (non-hydrogen) atoms. The number of carbonyl (C=O) groups excluding carboxylic acids is 1. The Balaban J connectivity index is 2.45. The number of nitrogens with zero attached hydrogens (tertiary/aromatic N) is 1. The van der Waals surface area contributed by atoms with Crippen LogP contribution in [0.5, 0.6) is 0 Å². The number of halogens is 1. The van der Waals surface area contributed by atoms with Crippen molar-refractivity contribution < 1.29 is 4.79 Å². The number of anilines is 1. The van der Waals surface area contributed by atoms with Crippen LogP contribution in [0.1, 0.15) is 38.7 Å². The summed E-state index contributed by atoms with van der Waals surface area (Å²) in [7, 11) is 0. The summed E-state index contributed by atoms with van der Waals surface area (Å²) in [5.74, 6) is 5.43. The van der Waals surface area contributed by atoms with Gasteiger partial charge in [0.25, 0.3) is 5.91 Å². The number of carbonyl (C=O) groups is 1. The molecule has 1 heterocycles. The lowest BCUT2D eigenvalue weighted by Gasteiger charge is -2.47. The van der Waals surface area contributed by atoms with Gasteiger partial charge in [-0.05, 0) is 49.9 Å². The van der Waals surface area contributed by atoms with Crippen LogP contribution in [0.2, 0.25) is 5.02 Å². The second kappa shape index (κ2) is 5.02. The van der Waals surface area contributed by atoms with Gasteiger partial charge in [0.15, 0.2) is 0 Å². The van der Waals surface area contributed by atoms with Gasteiger partial charge in [-0.1, -0.05) is 18.5 Å². The molecule has 1 aromatic carbocycles. The number of fused-ring (bicyclic) bond motifs is 1. The Morgan fingerprint density at radius 1 is 1.58 bits per heavy atom. The Morgan fingerprint density at radius 2 is 2.26 bits per heavy atom. The first kappa shape index (κ1) is 14.2. The summed E-state index contributed by atoms with van der Waals surface area (Å²) < 4.78 is 0. The number of hydrogen-bond donors (Lipinski definition) is 2. The van der Waals surface area contributed by atoms with Gasteiger partial charge in [0, 0.05) is 16.2 Å². The topological polar surface area (TPSA) is 58.4 Å². The Hall–Kier alpha value is -1.26. The molecule has 1 aliphatic rings. The summed E-state index contributed by atoms with van der Waals surface area (Å²) in [6.07, 6.45) is 0.970. The zero-order valence-electron chi connectivity index (χ0n) is 11.5. The number of hydrogen-bond acceptors (Lipinski definition) is 3. The SMILES string of the molecule is CC1CC(C)(C)N(CC(=O)NN)c2ccc(Cl)cc21.